The van der Waals surface area contributed by atoms with Crippen LogP contribution >= 0.6 is 0 Å². The van der Waals surface area contributed by atoms with E-state index in [-0.39, 0.29) is 5.92 Å². The standard InChI is InChI=1S/C13H14N4O/c1-9(3-5-14)8-12-16-13(17-18-12)11-7-10(2)4-6-15-11/h4,6-7,9H,3,8H2,1-2H3. The van der Waals surface area contributed by atoms with E-state index in [1.165, 1.54) is 0 Å². The predicted octanol–water partition coefficient (Wildman–Crippen LogP) is 2.53. The van der Waals surface area contributed by atoms with E-state index in [0.29, 0.717) is 30.3 Å². The highest BCUT2D eigenvalue weighted by Crippen LogP contribution is 2.16. The molecule has 2 aromatic heterocycles. The Morgan fingerprint density at radius 2 is 2.33 bits per heavy atom. The van der Waals surface area contributed by atoms with Crippen molar-refractivity contribution in [1.29, 1.82) is 5.26 Å². The molecule has 0 saturated carbocycles. The second-order valence-corrected chi connectivity index (χ2v) is 4.40. The molecule has 0 aliphatic heterocycles. The maximum atomic E-state index is 8.60. The van der Waals surface area contributed by atoms with Crippen molar-refractivity contribution in [2.75, 3.05) is 0 Å². The van der Waals surface area contributed by atoms with Gasteiger partial charge in [-0.3, -0.25) is 4.98 Å². The smallest absolute Gasteiger partial charge is 0.227 e. The minimum absolute atomic E-state index is 0.216. The highest BCUT2D eigenvalue weighted by atomic mass is 16.5. The summed E-state index contributed by atoms with van der Waals surface area (Å²) in [4.78, 5) is 8.50. The van der Waals surface area contributed by atoms with E-state index in [2.05, 4.69) is 21.2 Å². The highest BCUT2D eigenvalue weighted by Gasteiger charge is 2.12. The third-order valence-corrected chi connectivity index (χ3v) is 2.58. The van der Waals surface area contributed by atoms with Crippen LogP contribution in [0.4, 0.5) is 0 Å². The SMILES string of the molecule is Cc1ccnc(-c2noc(CC(C)CC#N)n2)c1. The van der Waals surface area contributed by atoms with Gasteiger partial charge in [0.2, 0.25) is 11.7 Å². The Balaban J connectivity index is 2.13. The molecule has 2 aromatic rings. The summed E-state index contributed by atoms with van der Waals surface area (Å²) < 4.78 is 5.17. The molecule has 2 heterocycles. The van der Waals surface area contributed by atoms with Gasteiger partial charge in [0.15, 0.2) is 0 Å². The fourth-order valence-electron chi connectivity index (χ4n) is 1.63. The van der Waals surface area contributed by atoms with Gasteiger partial charge in [-0.2, -0.15) is 10.2 Å². The van der Waals surface area contributed by atoms with Crippen molar-refractivity contribution in [2.45, 2.75) is 26.7 Å². The quantitative estimate of drug-likeness (QED) is 0.823. The van der Waals surface area contributed by atoms with Crippen LogP contribution in [0.3, 0.4) is 0 Å². The zero-order valence-corrected chi connectivity index (χ0v) is 10.4. The van der Waals surface area contributed by atoms with E-state index in [0.717, 1.165) is 5.56 Å². The molecule has 92 valence electrons. The Kier molecular flexibility index (Phi) is 3.68. The first-order valence-corrected chi connectivity index (χ1v) is 5.81. The van der Waals surface area contributed by atoms with Crippen LogP contribution in [0.25, 0.3) is 11.5 Å². The molecule has 1 atom stereocenters. The number of aromatic nitrogens is 3. The van der Waals surface area contributed by atoms with E-state index < -0.39 is 0 Å². The van der Waals surface area contributed by atoms with Crippen molar-refractivity contribution in [1.82, 2.24) is 15.1 Å². The minimum atomic E-state index is 0.216. The third kappa shape index (κ3) is 2.92. The summed E-state index contributed by atoms with van der Waals surface area (Å²) in [5.41, 5.74) is 1.81. The van der Waals surface area contributed by atoms with Crippen molar-refractivity contribution in [3.63, 3.8) is 0 Å². The number of rotatable bonds is 4. The molecule has 5 nitrogen and oxygen atoms in total. The van der Waals surface area contributed by atoms with Gasteiger partial charge in [0.1, 0.15) is 5.69 Å². The molecule has 0 spiro atoms. The number of hydrogen-bond acceptors (Lipinski definition) is 5. The average molecular weight is 242 g/mol. The summed E-state index contributed by atoms with van der Waals surface area (Å²) in [6, 6.07) is 5.96. The highest BCUT2D eigenvalue weighted by molar-refractivity contribution is 5.48. The lowest BCUT2D eigenvalue weighted by molar-refractivity contribution is 0.359. The summed E-state index contributed by atoms with van der Waals surface area (Å²) in [5, 5.41) is 12.5. The largest absolute Gasteiger partial charge is 0.339 e. The molecule has 0 aromatic carbocycles. The lowest BCUT2D eigenvalue weighted by Gasteiger charge is -2.00. The first-order valence-electron chi connectivity index (χ1n) is 5.81. The van der Waals surface area contributed by atoms with Crippen molar-refractivity contribution >= 4 is 0 Å². The molecule has 0 N–H and O–H groups in total. The van der Waals surface area contributed by atoms with E-state index in [4.69, 9.17) is 9.78 Å². The van der Waals surface area contributed by atoms with Crippen molar-refractivity contribution in [3.8, 4) is 17.6 Å². The fraction of sp³-hybridized carbons (Fsp3) is 0.385. The van der Waals surface area contributed by atoms with Gasteiger partial charge in [0.25, 0.3) is 0 Å². The van der Waals surface area contributed by atoms with Crippen LogP contribution in [0.5, 0.6) is 0 Å². The van der Waals surface area contributed by atoms with Gasteiger partial charge in [-0.25, -0.2) is 0 Å². The zero-order chi connectivity index (χ0) is 13.0. The van der Waals surface area contributed by atoms with Crippen LogP contribution in [0.1, 0.15) is 24.8 Å². The second-order valence-electron chi connectivity index (χ2n) is 4.40. The molecule has 18 heavy (non-hydrogen) atoms. The molecular formula is C13H14N4O. The molecule has 1 unspecified atom stereocenters. The van der Waals surface area contributed by atoms with Crippen LogP contribution in [0.15, 0.2) is 22.9 Å². The van der Waals surface area contributed by atoms with Crippen molar-refractivity contribution < 1.29 is 4.52 Å². The molecule has 0 aliphatic carbocycles. The van der Waals surface area contributed by atoms with Gasteiger partial charge in [-0.1, -0.05) is 12.1 Å². The van der Waals surface area contributed by atoms with Crippen LogP contribution in [-0.4, -0.2) is 15.1 Å². The first-order chi connectivity index (χ1) is 8.69. The van der Waals surface area contributed by atoms with E-state index in [1.807, 2.05) is 26.0 Å². The van der Waals surface area contributed by atoms with Crippen LogP contribution in [-0.2, 0) is 6.42 Å². The Bertz CT molecular complexity index is 570. The molecule has 0 amide bonds. The molecular weight excluding hydrogens is 228 g/mol. The predicted molar refractivity (Wildman–Crippen MR) is 65.4 cm³/mol. The summed E-state index contributed by atoms with van der Waals surface area (Å²) in [6.07, 6.45) is 2.83. The van der Waals surface area contributed by atoms with Crippen molar-refractivity contribution in [2.24, 2.45) is 5.92 Å². The number of nitriles is 1. The number of nitrogens with zero attached hydrogens (tertiary/aromatic N) is 4. The van der Waals surface area contributed by atoms with Gasteiger partial charge >= 0.3 is 0 Å². The Hall–Kier alpha value is -2.22. The molecule has 0 bridgehead atoms. The Morgan fingerprint density at radius 3 is 3.06 bits per heavy atom. The lowest BCUT2D eigenvalue weighted by atomic mass is 10.1. The summed E-state index contributed by atoms with van der Waals surface area (Å²) in [5.74, 6) is 1.27. The molecule has 0 radical (unpaired) electrons. The van der Waals surface area contributed by atoms with Gasteiger partial charge < -0.3 is 4.52 Å². The number of pyridine rings is 1. The van der Waals surface area contributed by atoms with E-state index >= 15 is 0 Å². The minimum Gasteiger partial charge on any atom is -0.339 e. The van der Waals surface area contributed by atoms with Crippen LogP contribution in [0.2, 0.25) is 0 Å². The van der Waals surface area contributed by atoms with Crippen LogP contribution < -0.4 is 0 Å². The van der Waals surface area contributed by atoms with Crippen molar-refractivity contribution in [3.05, 3.63) is 29.8 Å². The lowest BCUT2D eigenvalue weighted by Crippen LogP contribution is -1.98. The molecule has 0 fully saturated rings. The zero-order valence-electron chi connectivity index (χ0n) is 10.4. The normalized spacial score (nSPS) is 12.1. The summed E-state index contributed by atoms with van der Waals surface area (Å²) in [7, 11) is 0. The molecule has 5 heteroatoms. The van der Waals surface area contributed by atoms with Gasteiger partial charge in [-0.05, 0) is 30.5 Å². The van der Waals surface area contributed by atoms with Gasteiger partial charge in [0.05, 0.1) is 6.07 Å². The van der Waals surface area contributed by atoms with E-state index in [1.54, 1.807) is 6.20 Å². The van der Waals surface area contributed by atoms with Gasteiger partial charge in [0, 0.05) is 19.0 Å². The Labute approximate surface area is 105 Å². The molecule has 0 saturated heterocycles. The molecule has 2 rings (SSSR count). The van der Waals surface area contributed by atoms with Crippen LogP contribution in [0, 0.1) is 24.2 Å². The maximum Gasteiger partial charge on any atom is 0.227 e. The van der Waals surface area contributed by atoms with E-state index in [9.17, 15) is 0 Å². The summed E-state index contributed by atoms with van der Waals surface area (Å²) in [6.45, 7) is 3.97. The maximum absolute atomic E-state index is 8.60. The molecule has 0 aliphatic rings. The topological polar surface area (TPSA) is 75.6 Å². The number of aryl methyl sites for hydroxylation is 1. The fourth-order valence-corrected chi connectivity index (χ4v) is 1.63. The monoisotopic (exact) mass is 242 g/mol. The first kappa shape index (κ1) is 12.2. The van der Waals surface area contributed by atoms with Gasteiger partial charge in [-0.15, -0.1) is 0 Å². The average Bonchev–Trinajstić information content (AvgIpc) is 2.78. The number of hydrogen-bond donors (Lipinski definition) is 0. The summed E-state index contributed by atoms with van der Waals surface area (Å²) >= 11 is 0. The second kappa shape index (κ2) is 5.41. The third-order valence-electron chi connectivity index (χ3n) is 2.58. The Morgan fingerprint density at radius 1 is 1.50 bits per heavy atom.